The molecule has 0 atom stereocenters. The second kappa shape index (κ2) is 12.2. The van der Waals surface area contributed by atoms with Gasteiger partial charge in [-0.15, -0.1) is 0 Å². The number of nitrogens with zero attached hydrogens (tertiary/aromatic N) is 4. The number of hydrogen-bond acceptors (Lipinski definition) is 5. The van der Waals surface area contributed by atoms with E-state index >= 15 is 0 Å². The summed E-state index contributed by atoms with van der Waals surface area (Å²) in [7, 11) is 3.46. The molecular weight excluding hydrogens is 406 g/mol. The van der Waals surface area contributed by atoms with Crippen molar-refractivity contribution >= 4 is 17.6 Å². The van der Waals surface area contributed by atoms with Gasteiger partial charge in [-0.05, 0) is 35.7 Å². The molecule has 1 fully saturated rings. The van der Waals surface area contributed by atoms with Gasteiger partial charge in [0.1, 0.15) is 0 Å². The first kappa shape index (κ1) is 23.7. The molecule has 0 unspecified atom stereocenters. The van der Waals surface area contributed by atoms with Gasteiger partial charge >= 0.3 is 6.03 Å². The molecule has 1 aromatic heterocycles. The average molecular weight is 440 g/mol. The molecule has 1 aliphatic heterocycles. The number of para-hydroxylation sites is 1. The van der Waals surface area contributed by atoms with Crippen molar-refractivity contribution in [2.24, 2.45) is 0 Å². The monoisotopic (exact) mass is 439 g/mol. The van der Waals surface area contributed by atoms with Crippen molar-refractivity contribution in [2.45, 2.75) is 19.4 Å². The van der Waals surface area contributed by atoms with Gasteiger partial charge in [0.05, 0.1) is 19.6 Å². The van der Waals surface area contributed by atoms with Gasteiger partial charge in [0.25, 0.3) is 0 Å². The molecular formula is C24H33N5O3. The number of amides is 3. The van der Waals surface area contributed by atoms with E-state index < -0.39 is 0 Å². The Bertz CT molecular complexity index is 869. The average Bonchev–Trinajstić information content (AvgIpc) is 2.81. The van der Waals surface area contributed by atoms with Gasteiger partial charge in [-0.3, -0.25) is 14.7 Å². The van der Waals surface area contributed by atoms with Crippen LogP contribution in [-0.2, 0) is 22.5 Å². The molecule has 1 N–H and O–H groups in total. The molecule has 0 saturated carbocycles. The van der Waals surface area contributed by atoms with Crippen molar-refractivity contribution < 1.29 is 14.3 Å². The van der Waals surface area contributed by atoms with Gasteiger partial charge in [-0.25, -0.2) is 4.79 Å². The van der Waals surface area contributed by atoms with Crippen LogP contribution in [0.3, 0.4) is 0 Å². The predicted molar refractivity (Wildman–Crippen MR) is 124 cm³/mol. The predicted octanol–water partition coefficient (Wildman–Crippen LogP) is 2.47. The molecule has 8 nitrogen and oxygen atoms in total. The second-order valence-electron chi connectivity index (χ2n) is 8.14. The highest BCUT2D eigenvalue weighted by molar-refractivity contribution is 5.91. The molecule has 0 radical (unpaired) electrons. The lowest BCUT2D eigenvalue weighted by Crippen LogP contribution is -2.40. The van der Waals surface area contributed by atoms with Crippen LogP contribution in [0.5, 0.6) is 0 Å². The Kier molecular flexibility index (Phi) is 9.01. The third-order valence-electron chi connectivity index (χ3n) is 5.52. The minimum absolute atomic E-state index is 0.00847. The van der Waals surface area contributed by atoms with E-state index in [9.17, 15) is 9.59 Å². The van der Waals surface area contributed by atoms with Crippen LogP contribution in [0.15, 0.2) is 48.8 Å². The fourth-order valence-electron chi connectivity index (χ4n) is 3.58. The summed E-state index contributed by atoms with van der Waals surface area (Å²) in [6.07, 6.45) is 4.59. The molecule has 0 spiro atoms. The van der Waals surface area contributed by atoms with Gasteiger partial charge in [0.2, 0.25) is 5.91 Å². The lowest BCUT2D eigenvalue weighted by Gasteiger charge is -2.28. The summed E-state index contributed by atoms with van der Waals surface area (Å²) in [4.78, 5) is 35.3. The number of carbonyl (C=O) groups is 2. The fraction of sp³-hybridized carbons (Fsp3) is 0.458. The highest BCUT2D eigenvalue weighted by atomic mass is 16.5. The highest BCUT2D eigenvalue weighted by Crippen LogP contribution is 2.18. The Labute approximate surface area is 190 Å². The minimum Gasteiger partial charge on any atom is -0.379 e. The Balaban J connectivity index is 1.66. The molecule has 32 heavy (non-hydrogen) atoms. The largest absolute Gasteiger partial charge is 0.379 e. The number of likely N-dealkylation sites (N-methyl/N-ethyl adjacent to an activating group) is 1. The molecule has 3 amide bonds. The van der Waals surface area contributed by atoms with Crippen LogP contribution in [0.4, 0.5) is 10.5 Å². The summed E-state index contributed by atoms with van der Waals surface area (Å²) in [5, 5.41) is 3.03. The number of ether oxygens (including phenoxy) is 1. The number of morpholine rings is 1. The van der Waals surface area contributed by atoms with E-state index in [1.165, 1.54) is 0 Å². The van der Waals surface area contributed by atoms with E-state index in [0.29, 0.717) is 18.8 Å². The highest BCUT2D eigenvalue weighted by Gasteiger charge is 2.18. The van der Waals surface area contributed by atoms with Gasteiger partial charge < -0.3 is 19.9 Å². The van der Waals surface area contributed by atoms with Crippen LogP contribution >= 0.6 is 0 Å². The number of rotatable bonds is 9. The smallest absolute Gasteiger partial charge is 0.322 e. The number of aromatic nitrogens is 1. The van der Waals surface area contributed by atoms with Crippen LogP contribution in [0.2, 0.25) is 0 Å². The van der Waals surface area contributed by atoms with Crippen molar-refractivity contribution in [3.63, 3.8) is 0 Å². The number of nitrogens with one attached hydrogen (secondary N) is 1. The molecule has 0 aliphatic carbocycles. The van der Waals surface area contributed by atoms with Crippen LogP contribution in [-0.4, -0.2) is 85.1 Å². The minimum atomic E-state index is -0.173. The first-order chi connectivity index (χ1) is 15.5. The number of pyridine rings is 1. The Morgan fingerprint density at radius 2 is 1.81 bits per heavy atom. The Morgan fingerprint density at radius 3 is 2.53 bits per heavy atom. The summed E-state index contributed by atoms with van der Waals surface area (Å²) in [6, 6.07) is 11.1. The van der Waals surface area contributed by atoms with E-state index in [2.05, 4.69) is 15.2 Å². The molecule has 8 heteroatoms. The van der Waals surface area contributed by atoms with Crippen molar-refractivity contribution in [1.82, 2.24) is 19.7 Å². The molecule has 2 heterocycles. The van der Waals surface area contributed by atoms with Crippen molar-refractivity contribution in [3.05, 3.63) is 59.9 Å². The first-order valence-electron chi connectivity index (χ1n) is 11.1. The SMILES string of the molecule is CN(C)C(=O)Cc1ccccc1NC(=O)N(CCCN1CCOCC1)Cc1ccncc1. The second-order valence-corrected chi connectivity index (χ2v) is 8.14. The van der Waals surface area contributed by atoms with Crippen LogP contribution in [0, 0.1) is 0 Å². The van der Waals surface area contributed by atoms with Gasteiger partial charge in [0.15, 0.2) is 0 Å². The molecule has 0 bridgehead atoms. The standard InChI is InChI=1S/C24H33N5O3/c1-27(2)23(30)18-21-6-3-4-7-22(21)26-24(31)29(19-20-8-10-25-11-9-20)13-5-12-28-14-16-32-17-15-28/h3-4,6-11H,5,12-19H2,1-2H3,(H,26,31). The van der Waals surface area contributed by atoms with E-state index in [4.69, 9.17) is 4.74 Å². The molecule has 172 valence electrons. The number of hydrogen-bond donors (Lipinski definition) is 1. The third kappa shape index (κ3) is 7.32. The van der Waals surface area contributed by atoms with E-state index in [-0.39, 0.29) is 18.4 Å². The quantitative estimate of drug-likeness (QED) is 0.650. The number of benzene rings is 1. The maximum atomic E-state index is 13.2. The Morgan fingerprint density at radius 1 is 1.09 bits per heavy atom. The van der Waals surface area contributed by atoms with Crippen molar-refractivity contribution in [1.29, 1.82) is 0 Å². The summed E-state index contributed by atoms with van der Waals surface area (Å²) < 4.78 is 5.41. The van der Waals surface area contributed by atoms with E-state index in [0.717, 1.165) is 50.4 Å². The zero-order valence-corrected chi connectivity index (χ0v) is 19.0. The number of carbonyl (C=O) groups excluding carboxylic acids is 2. The first-order valence-corrected chi connectivity index (χ1v) is 11.1. The van der Waals surface area contributed by atoms with Crippen molar-refractivity contribution in [2.75, 3.05) is 58.8 Å². The van der Waals surface area contributed by atoms with E-state index in [1.54, 1.807) is 31.4 Å². The van der Waals surface area contributed by atoms with E-state index in [1.807, 2.05) is 41.3 Å². The van der Waals surface area contributed by atoms with Gasteiger partial charge in [-0.2, -0.15) is 0 Å². The summed E-state index contributed by atoms with van der Waals surface area (Å²) in [5.41, 5.74) is 2.50. The normalized spacial score (nSPS) is 14.1. The lowest BCUT2D eigenvalue weighted by atomic mass is 10.1. The summed E-state index contributed by atoms with van der Waals surface area (Å²) in [6.45, 7) is 5.46. The zero-order valence-electron chi connectivity index (χ0n) is 19.0. The molecule has 2 aromatic rings. The fourth-order valence-corrected chi connectivity index (χ4v) is 3.58. The molecule has 3 rings (SSSR count). The molecule has 1 aromatic carbocycles. The third-order valence-corrected chi connectivity index (χ3v) is 5.52. The molecule has 1 aliphatic rings. The maximum Gasteiger partial charge on any atom is 0.322 e. The number of anilines is 1. The maximum absolute atomic E-state index is 13.2. The topological polar surface area (TPSA) is 78.0 Å². The molecule has 1 saturated heterocycles. The summed E-state index contributed by atoms with van der Waals surface area (Å²) in [5.74, 6) is -0.00847. The van der Waals surface area contributed by atoms with Gasteiger partial charge in [-0.1, -0.05) is 18.2 Å². The van der Waals surface area contributed by atoms with Crippen LogP contribution in [0.25, 0.3) is 0 Å². The Hall–Kier alpha value is -2.97. The van der Waals surface area contributed by atoms with Crippen LogP contribution < -0.4 is 5.32 Å². The van der Waals surface area contributed by atoms with Gasteiger partial charge in [0, 0.05) is 64.9 Å². The number of urea groups is 1. The summed E-state index contributed by atoms with van der Waals surface area (Å²) >= 11 is 0. The van der Waals surface area contributed by atoms with Crippen LogP contribution in [0.1, 0.15) is 17.5 Å². The zero-order chi connectivity index (χ0) is 22.8. The lowest BCUT2D eigenvalue weighted by molar-refractivity contribution is -0.127. The van der Waals surface area contributed by atoms with Crippen molar-refractivity contribution in [3.8, 4) is 0 Å².